The molecule has 36 heavy (non-hydrogen) atoms. The highest BCUT2D eigenvalue weighted by molar-refractivity contribution is 6.00. The molecule has 0 bridgehead atoms. The summed E-state index contributed by atoms with van der Waals surface area (Å²) in [6.45, 7) is 0.307. The Balaban J connectivity index is 1.27. The molecule has 1 amide bonds. The Morgan fingerprint density at radius 1 is 1.03 bits per heavy atom. The molecule has 2 aliphatic rings. The first-order valence-electron chi connectivity index (χ1n) is 11.7. The molecular weight excluding hydrogens is 467 g/mol. The number of nitrogens with zero attached hydrogens (tertiary/aromatic N) is 5. The van der Waals surface area contributed by atoms with Gasteiger partial charge in [-0.1, -0.05) is 48.5 Å². The van der Waals surface area contributed by atoms with Crippen LogP contribution in [0, 0.1) is 0 Å². The summed E-state index contributed by atoms with van der Waals surface area (Å²) < 4.78 is 40.4. The molecule has 0 radical (unpaired) electrons. The molecule has 0 spiro atoms. The summed E-state index contributed by atoms with van der Waals surface area (Å²) in [4.78, 5) is 27.6. The van der Waals surface area contributed by atoms with Crippen molar-refractivity contribution in [3.05, 3.63) is 83.3 Å². The largest absolute Gasteiger partial charge is 0.434 e. The van der Waals surface area contributed by atoms with Gasteiger partial charge >= 0.3 is 6.18 Å². The molecule has 9 heteroatoms. The fourth-order valence-corrected chi connectivity index (χ4v) is 4.69. The Labute approximate surface area is 205 Å². The zero-order valence-electron chi connectivity index (χ0n) is 19.5. The van der Waals surface area contributed by atoms with Crippen molar-refractivity contribution in [2.75, 3.05) is 4.90 Å². The van der Waals surface area contributed by atoms with Gasteiger partial charge in [0.15, 0.2) is 11.5 Å². The van der Waals surface area contributed by atoms with Crippen molar-refractivity contribution in [2.45, 2.75) is 37.9 Å². The number of amides is 1. The Morgan fingerprint density at radius 3 is 2.47 bits per heavy atom. The molecule has 1 fully saturated rings. The maximum atomic E-state index is 13.0. The fraction of sp³-hybridized carbons (Fsp3) is 0.259. The summed E-state index contributed by atoms with van der Waals surface area (Å²) in [5.41, 5.74) is 3.50. The number of carbonyl (C=O) groups excluding carboxylic acids is 1. The van der Waals surface area contributed by atoms with Crippen LogP contribution in [0.3, 0.4) is 0 Å². The molecule has 6 rings (SSSR count). The number of halogens is 3. The number of anilines is 1. The second-order valence-corrected chi connectivity index (χ2v) is 9.32. The van der Waals surface area contributed by atoms with Crippen molar-refractivity contribution in [2.24, 2.45) is 7.05 Å². The third kappa shape index (κ3) is 4.04. The minimum atomic E-state index is -4.50. The number of imidazole rings is 1. The van der Waals surface area contributed by atoms with Crippen LogP contribution in [0.4, 0.5) is 19.0 Å². The van der Waals surface area contributed by atoms with E-state index in [1.165, 1.54) is 30.0 Å². The number of aromatic nitrogens is 4. The molecule has 2 aromatic carbocycles. The van der Waals surface area contributed by atoms with E-state index in [4.69, 9.17) is 4.98 Å². The zero-order valence-corrected chi connectivity index (χ0v) is 19.5. The van der Waals surface area contributed by atoms with E-state index in [9.17, 15) is 18.0 Å². The summed E-state index contributed by atoms with van der Waals surface area (Å²) in [5, 5.41) is 0. The summed E-state index contributed by atoms with van der Waals surface area (Å²) in [7, 11) is 1.53. The van der Waals surface area contributed by atoms with E-state index in [-0.39, 0.29) is 18.2 Å². The van der Waals surface area contributed by atoms with Gasteiger partial charge in [-0.05, 0) is 29.9 Å². The van der Waals surface area contributed by atoms with E-state index >= 15 is 0 Å². The van der Waals surface area contributed by atoms with Crippen molar-refractivity contribution >= 4 is 11.7 Å². The Bertz CT molecular complexity index is 1470. The molecule has 1 aliphatic heterocycles. The number of alkyl halides is 3. The topological polar surface area (TPSA) is 63.9 Å². The molecule has 182 valence electrons. The van der Waals surface area contributed by atoms with Gasteiger partial charge in [0.2, 0.25) is 5.91 Å². The lowest BCUT2D eigenvalue weighted by atomic mass is 10.0. The van der Waals surface area contributed by atoms with Gasteiger partial charge in [0.05, 0.1) is 13.0 Å². The monoisotopic (exact) mass is 489 g/mol. The normalized spacial score (nSPS) is 15.4. The predicted molar refractivity (Wildman–Crippen MR) is 128 cm³/mol. The van der Waals surface area contributed by atoms with Crippen LogP contribution in [0.15, 0.2) is 60.9 Å². The van der Waals surface area contributed by atoms with Crippen LogP contribution in [-0.2, 0) is 31.0 Å². The second-order valence-electron chi connectivity index (χ2n) is 9.32. The van der Waals surface area contributed by atoms with Gasteiger partial charge in [-0.3, -0.25) is 9.69 Å². The molecule has 0 N–H and O–H groups in total. The van der Waals surface area contributed by atoms with Gasteiger partial charge in [-0.15, -0.1) is 0 Å². The van der Waals surface area contributed by atoms with Gasteiger partial charge in [0.25, 0.3) is 0 Å². The van der Waals surface area contributed by atoms with Gasteiger partial charge in [0, 0.05) is 36.1 Å². The smallest absolute Gasteiger partial charge is 0.333 e. The molecule has 6 nitrogen and oxygen atoms in total. The van der Waals surface area contributed by atoms with Gasteiger partial charge in [0.1, 0.15) is 11.6 Å². The summed E-state index contributed by atoms with van der Waals surface area (Å²) in [5.74, 6) is 1.93. The second kappa shape index (κ2) is 8.29. The SMILES string of the molecule is Cn1cc(C(F)(F)F)nc1-c1ccc(CN2C(=O)Cc3cnc(-c4ccccc4C4CC4)nc32)cc1. The maximum absolute atomic E-state index is 13.0. The third-order valence-corrected chi connectivity index (χ3v) is 6.68. The van der Waals surface area contributed by atoms with Crippen LogP contribution in [-0.4, -0.2) is 25.4 Å². The van der Waals surface area contributed by atoms with E-state index < -0.39 is 11.9 Å². The van der Waals surface area contributed by atoms with E-state index in [1.54, 1.807) is 35.4 Å². The number of rotatable bonds is 5. The van der Waals surface area contributed by atoms with E-state index in [2.05, 4.69) is 16.0 Å². The van der Waals surface area contributed by atoms with E-state index in [1.807, 2.05) is 18.2 Å². The van der Waals surface area contributed by atoms with E-state index in [0.717, 1.165) is 22.9 Å². The molecule has 0 unspecified atom stereocenters. The number of fused-ring (bicyclic) bond motifs is 1. The first kappa shape index (κ1) is 22.5. The van der Waals surface area contributed by atoms with Crippen molar-refractivity contribution < 1.29 is 18.0 Å². The highest BCUT2D eigenvalue weighted by Gasteiger charge is 2.35. The summed E-state index contributed by atoms with van der Waals surface area (Å²) >= 11 is 0. The molecule has 0 saturated heterocycles. The van der Waals surface area contributed by atoms with Gasteiger partial charge in [-0.25, -0.2) is 15.0 Å². The van der Waals surface area contributed by atoms with Crippen LogP contribution < -0.4 is 4.90 Å². The van der Waals surface area contributed by atoms with Crippen LogP contribution in [0.2, 0.25) is 0 Å². The summed E-state index contributed by atoms with van der Waals surface area (Å²) in [6, 6.07) is 15.2. The Morgan fingerprint density at radius 2 is 1.78 bits per heavy atom. The summed E-state index contributed by atoms with van der Waals surface area (Å²) in [6.07, 6.45) is 0.783. The van der Waals surface area contributed by atoms with Crippen LogP contribution in [0.1, 0.15) is 41.1 Å². The lowest BCUT2D eigenvalue weighted by Crippen LogP contribution is -2.26. The number of hydrogen-bond donors (Lipinski definition) is 0. The molecule has 0 atom stereocenters. The van der Waals surface area contributed by atoms with Crippen LogP contribution in [0.5, 0.6) is 0 Å². The first-order chi connectivity index (χ1) is 17.3. The molecule has 1 saturated carbocycles. The minimum absolute atomic E-state index is 0.0603. The number of benzene rings is 2. The van der Waals surface area contributed by atoms with Crippen molar-refractivity contribution in [3.8, 4) is 22.8 Å². The average Bonchev–Trinajstić information content (AvgIpc) is 3.56. The average molecular weight is 490 g/mol. The fourth-order valence-electron chi connectivity index (χ4n) is 4.69. The van der Waals surface area contributed by atoms with Crippen molar-refractivity contribution in [1.82, 2.24) is 19.5 Å². The lowest BCUT2D eigenvalue weighted by molar-refractivity contribution is -0.140. The quantitative estimate of drug-likeness (QED) is 0.370. The lowest BCUT2D eigenvalue weighted by Gasteiger charge is -2.17. The minimum Gasteiger partial charge on any atom is -0.333 e. The van der Waals surface area contributed by atoms with Gasteiger partial charge < -0.3 is 4.57 Å². The molecule has 1 aliphatic carbocycles. The zero-order chi connectivity index (χ0) is 25.0. The molecule has 2 aromatic heterocycles. The first-order valence-corrected chi connectivity index (χ1v) is 11.7. The highest BCUT2D eigenvalue weighted by Crippen LogP contribution is 2.44. The maximum Gasteiger partial charge on any atom is 0.434 e. The van der Waals surface area contributed by atoms with E-state index in [0.29, 0.717) is 29.7 Å². The highest BCUT2D eigenvalue weighted by atomic mass is 19.4. The predicted octanol–water partition coefficient (Wildman–Crippen LogP) is 5.53. The molecular formula is C27H22F3N5O. The number of carbonyl (C=O) groups is 1. The van der Waals surface area contributed by atoms with Crippen molar-refractivity contribution in [3.63, 3.8) is 0 Å². The van der Waals surface area contributed by atoms with Crippen molar-refractivity contribution in [1.29, 1.82) is 0 Å². The van der Waals surface area contributed by atoms with Crippen LogP contribution >= 0.6 is 0 Å². The standard InChI is InChI=1S/C27H22F3N5O/c1-34-15-22(27(28,29)30)32-25(34)18-8-6-16(7-9-18)14-35-23(36)12-19-13-31-24(33-26(19)35)21-5-3-2-4-20(21)17-10-11-17/h2-9,13,15,17H,10-12,14H2,1H3. The number of aryl methyl sites for hydroxylation is 1. The Kier molecular flexibility index (Phi) is 5.17. The third-order valence-electron chi connectivity index (χ3n) is 6.68. The molecule has 4 aromatic rings. The molecule has 3 heterocycles. The van der Waals surface area contributed by atoms with Gasteiger partial charge in [-0.2, -0.15) is 13.2 Å². The van der Waals surface area contributed by atoms with Crippen LogP contribution in [0.25, 0.3) is 22.8 Å². The number of hydrogen-bond acceptors (Lipinski definition) is 4. The Hall–Kier alpha value is -4.01.